The van der Waals surface area contributed by atoms with Crippen LogP contribution in [0.25, 0.3) is 93.6 Å². The van der Waals surface area contributed by atoms with Crippen LogP contribution in [0, 0.1) is 0 Å². The summed E-state index contributed by atoms with van der Waals surface area (Å²) in [7, 11) is -2.73. The highest BCUT2D eigenvalue weighted by molar-refractivity contribution is 7.19. The van der Waals surface area contributed by atoms with Crippen molar-refractivity contribution in [2.75, 3.05) is 0 Å². The van der Waals surface area contributed by atoms with Crippen LogP contribution in [0.4, 0.5) is 0 Å². The van der Waals surface area contributed by atoms with Gasteiger partial charge in [-0.25, -0.2) is 0 Å². The van der Waals surface area contributed by atoms with Crippen LogP contribution in [0.3, 0.4) is 0 Å². The lowest BCUT2D eigenvalue weighted by atomic mass is 10.00. The highest BCUT2D eigenvalue weighted by atomic mass is 28.3. The molecule has 0 bridgehead atoms. The summed E-state index contributed by atoms with van der Waals surface area (Å²) < 4.78 is 7.47. The van der Waals surface area contributed by atoms with Gasteiger partial charge in [0.2, 0.25) is 0 Å². The molecule has 3 nitrogen and oxygen atoms in total. The first-order valence-electron chi connectivity index (χ1n) is 24.2. The number of hydrogen-bond acceptors (Lipinski definition) is 0. The summed E-state index contributed by atoms with van der Waals surface area (Å²) in [5, 5.41) is 12.8. The third kappa shape index (κ3) is 5.94. The minimum atomic E-state index is -2.73. The number of aromatic nitrogens is 3. The predicted octanol–water partition coefficient (Wildman–Crippen LogP) is 14.0. The molecule has 0 aliphatic heterocycles. The second-order valence-corrected chi connectivity index (χ2v) is 22.2. The van der Waals surface area contributed by atoms with E-state index < -0.39 is 8.07 Å². The highest BCUT2D eigenvalue weighted by Gasteiger charge is 2.41. The highest BCUT2D eigenvalue weighted by Crippen LogP contribution is 2.43. The van der Waals surface area contributed by atoms with Gasteiger partial charge in [0.1, 0.15) is 0 Å². The lowest BCUT2D eigenvalue weighted by Gasteiger charge is -2.34. The van der Waals surface area contributed by atoms with E-state index in [1.807, 2.05) is 0 Å². The van der Waals surface area contributed by atoms with Gasteiger partial charge in [0.25, 0.3) is 0 Å². The third-order valence-corrected chi connectivity index (χ3v) is 19.6. The van der Waals surface area contributed by atoms with Crippen LogP contribution in [0.5, 0.6) is 0 Å². The van der Waals surface area contributed by atoms with E-state index in [0.717, 1.165) is 17.1 Å². The molecule has 3 aromatic heterocycles. The molecule has 0 aliphatic rings. The van der Waals surface area contributed by atoms with Crippen molar-refractivity contribution in [1.29, 1.82) is 0 Å². The number of hydrogen-bond donors (Lipinski definition) is 0. The molecule has 4 heteroatoms. The summed E-state index contributed by atoms with van der Waals surface area (Å²) in [5.41, 5.74) is 12.9. The zero-order chi connectivity index (χ0) is 46.2. The van der Waals surface area contributed by atoms with Crippen LogP contribution < -0.4 is 20.7 Å². The molecule has 3 heterocycles. The van der Waals surface area contributed by atoms with Crippen molar-refractivity contribution in [1.82, 2.24) is 13.7 Å². The molecule has 0 N–H and O–H groups in total. The van der Waals surface area contributed by atoms with Gasteiger partial charge in [-0.3, -0.25) is 0 Å². The summed E-state index contributed by atoms with van der Waals surface area (Å²) in [6.07, 6.45) is 0. The zero-order valence-electron chi connectivity index (χ0n) is 38.3. The number of nitrogens with zero attached hydrogens (tertiary/aromatic N) is 3. The van der Waals surface area contributed by atoms with Crippen LogP contribution in [0.2, 0.25) is 0 Å². The molecule has 0 radical (unpaired) electrons. The number of benzene rings is 11. The molecule has 0 aliphatic carbocycles. The van der Waals surface area contributed by atoms with Gasteiger partial charge in [0.15, 0.2) is 8.07 Å². The SMILES string of the molecule is c1ccc(-n2c3ccccc3c3ccc(-c4cccc5c6ccccc6n(-c6cccc7c8ccccc8n(-c8ccc([Si](c9ccccc9)(c9ccccc9)c9ccccc9)cc8)c67)c45)cc32)cc1. The van der Waals surface area contributed by atoms with E-state index >= 15 is 0 Å². The van der Waals surface area contributed by atoms with Crippen molar-refractivity contribution in [2.24, 2.45) is 0 Å². The standard InChI is InChI=1S/C66H45N3Si/c1-5-21-47(22-6-1)67-60-35-16-13-29-54(60)57-44-39-46(45-64(57)67)53-32-19-33-58-55-30-15-18-37-62(55)69(65(53)58)63-38-20-34-59-56-31-14-17-36-61(56)68(66(59)63)48-40-42-52(43-41-48)70(49-23-7-2-8-24-49,50-25-9-3-10-26-50)51-27-11-4-12-28-51/h1-45H. The van der Waals surface area contributed by atoms with Crippen molar-refractivity contribution in [3.05, 3.63) is 273 Å². The Morgan fingerprint density at radius 1 is 0.243 bits per heavy atom. The first-order valence-corrected chi connectivity index (χ1v) is 26.2. The summed E-state index contributed by atoms with van der Waals surface area (Å²) in [4.78, 5) is 0. The Bertz CT molecular complexity index is 4170. The van der Waals surface area contributed by atoms with Crippen molar-refractivity contribution in [3.8, 4) is 28.2 Å². The van der Waals surface area contributed by atoms with Crippen molar-refractivity contribution in [2.45, 2.75) is 0 Å². The molecule has 0 atom stereocenters. The van der Waals surface area contributed by atoms with E-state index in [4.69, 9.17) is 0 Å². The van der Waals surface area contributed by atoms with Crippen molar-refractivity contribution in [3.63, 3.8) is 0 Å². The molecule has 0 spiro atoms. The second-order valence-electron chi connectivity index (χ2n) is 18.4. The zero-order valence-corrected chi connectivity index (χ0v) is 39.3. The Balaban J connectivity index is 1.02. The van der Waals surface area contributed by atoms with Crippen molar-refractivity contribution >= 4 is 94.2 Å². The quantitative estimate of drug-likeness (QED) is 0.107. The lowest BCUT2D eigenvalue weighted by Crippen LogP contribution is -2.74. The van der Waals surface area contributed by atoms with E-state index in [-0.39, 0.29) is 0 Å². The average molecular weight is 908 g/mol. The van der Waals surface area contributed by atoms with E-state index in [0.29, 0.717) is 0 Å². The van der Waals surface area contributed by atoms with Crippen LogP contribution in [0.15, 0.2) is 273 Å². The summed E-state index contributed by atoms with van der Waals surface area (Å²) in [6, 6.07) is 101. The first kappa shape index (κ1) is 40.1. The van der Waals surface area contributed by atoms with Gasteiger partial charge in [-0.15, -0.1) is 0 Å². The molecular weight excluding hydrogens is 863 g/mol. The lowest BCUT2D eigenvalue weighted by molar-refractivity contribution is 1.13. The molecule has 14 aromatic rings. The summed E-state index contributed by atoms with van der Waals surface area (Å²) in [6.45, 7) is 0. The number of fused-ring (bicyclic) bond motifs is 9. The Labute approximate surface area is 407 Å². The Hall–Kier alpha value is -8.96. The maximum atomic E-state index is 2.54. The second kappa shape index (κ2) is 16.1. The van der Waals surface area contributed by atoms with E-state index in [2.05, 4.69) is 287 Å². The minimum absolute atomic E-state index is 1.12. The number of rotatable bonds is 8. The summed E-state index contributed by atoms with van der Waals surface area (Å²) in [5.74, 6) is 0. The fourth-order valence-electron chi connectivity index (χ4n) is 11.9. The van der Waals surface area contributed by atoms with Crippen LogP contribution >= 0.6 is 0 Å². The van der Waals surface area contributed by atoms with Gasteiger partial charge in [-0.2, -0.15) is 0 Å². The third-order valence-electron chi connectivity index (χ3n) is 14.8. The molecule has 70 heavy (non-hydrogen) atoms. The largest absolute Gasteiger partial charge is 0.309 e. The van der Waals surface area contributed by atoms with Crippen molar-refractivity contribution < 1.29 is 0 Å². The van der Waals surface area contributed by atoms with Gasteiger partial charge in [-0.05, 0) is 80.9 Å². The fourth-order valence-corrected chi connectivity index (χ4v) is 16.6. The molecule has 0 unspecified atom stereocenters. The van der Waals surface area contributed by atoms with E-state index in [1.165, 1.54) is 97.3 Å². The smallest absolute Gasteiger partial charge is 0.179 e. The molecule has 11 aromatic carbocycles. The molecule has 0 amide bonds. The molecule has 0 saturated heterocycles. The van der Waals surface area contributed by atoms with Gasteiger partial charge in [-0.1, -0.05) is 218 Å². The summed E-state index contributed by atoms with van der Waals surface area (Å²) >= 11 is 0. The van der Waals surface area contributed by atoms with Gasteiger partial charge in [0, 0.05) is 49.3 Å². The molecule has 328 valence electrons. The fraction of sp³-hybridized carbons (Fsp3) is 0. The van der Waals surface area contributed by atoms with Gasteiger partial charge >= 0.3 is 0 Å². The first-order chi connectivity index (χ1) is 34.8. The Kier molecular flexibility index (Phi) is 9.23. The minimum Gasteiger partial charge on any atom is -0.309 e. The molecule has 0 saturated carbocycles. The molecular formula is C66H45N3Si. The Morgan fingerprint density at radius 2 is 0.657 bits per heavy atom. The van der Waals surface area contributed by atoms with Gasteiger partial charge < -0.3 is 13.7 Å². The average Bonchev–Trinajstić information content (AvgIpc) is 4.09. The van der Waals surface area contributed by atoms with Gasteiger partial charge in [0.05, 0.1) is 38.8 Å². The van der Waals surface area contributed by atoms with E-state index in [9.17, 15) is 0 Å². The Morgan fingerprint density at radius 3 is 1.24 bits per heavy atom. The molecule has 0 fully saturated rings. The van der Waals surface area contributed by atoms with Crippen LogP contribution in [-0.2, 0) is 0 Å². The maximum absolute atomic E-state index is 2.73. The maximum Gasteiger partial charge on any atom is 0.179 e. The monoisotopic (exact) mass is 907 g/mol. The molecule has 14 rings (SSSR count). The van der Waals surface area contributed by atoms with Crippen LogP contribution in [-0.4, -0.2) is 21.8 Å². The normalized spacial score (nSPS) is 12.0. The topological polar surface area (TPSA) is 14.8 Å². The number of para-hydroxylation sites is 6. The van der Waals surface area contributed by atoms with E-state index in [1.54, 1.807) is 0 Å². The predicted molar refractivity (Wildman–Crippen MR) is 299 cm³/mol. The van der Waals surface area contributed by atoms with Crippen LogP contribution in [0.1, 0.15) is 0 Å².